The lowest BCUT2D eigenvalue weighted by Crippen LogP contribution is -2.25. The number of benzene rings is 1. The fourth-order valence-corrected chi connectivity index (χ4v) is 2.66. The second-order valence-electron chi connectivity index (χ2n) is 5.05. The summed E-state index contributed by atoms with van der Waals surface area (Å²) in [6.07, 6.45) is 0. The first-order valence-electron chi connectivity index (χ1n) is 6.29. The molecule has 0 radical (unpaired) electrons. The second-order valence-corrected chi connectivity index (χ2v) is 5.48. The molecule has 0 aliphatic carbocycles. The predicted octanol–water partition coefficient (Wildman–Crippen LogP) is 1.77. The Balaban J connectivity index is 2.56. The Morgan fingerprint density at radius 3 is 2.76 bits per heavy atom. The van der Waals surface area contributed by atoms with E-state index < -0.39 is 0 Å². The number of hydrogen-bond donors (Lipinski definition) is 1. The number of hydrogen-bond acceptors (Lipinski definition) is 3. The Labute approximate surface area is 124 Å². The molecule has 2 aromatic heterocycles. The number of halogens is 1. The lowest BCUT2D eigenvalue weighted by molar-refractivity contribution is 0.0823. The average Bonchev–Trinajstić information content (AvgIpc) is 2.73. The standard InChI is InChI=1S/C14H13ClN4O2/c1-18(2)14(21)11-10-8-5-4-7(15)6-9(8)19(3)12(10)13(20)17-16-11/h4-6H,1-3H3,(H,17,20). The van der Waals surface area contributed by atoms with Crippen molar-refractivity contribution in [1.29, 1.82) is 0 Å². The Morgan fingerprint density at radius 2 is 2.10 bits per heavy atom. The number of aryl methyl sites for hydroxylation is 1. The van der Waals surface area contributed by atoms with E-state index in [2.05, 4.69) is 10.2 Å². The number of carbonyl (C=O) groups excluding carboxylic acids is 1. The highest BCUT2D eigenvalue weighted by Crippen LogP contribution is 2.30. The number of aromatic nitrogens is 3. The smallest absolute Gasteiger partial charge is 0.288 e. The number of amides is 1. The summed E-state index contributed by atoms with van der Waals surface area (Å²) in [5.41, 5.74) is 1.08. The summed E-state index contributed by atoms with van der Waals surface area (Å²) in [5.74, 6) is -0.265. The lowest BCUT2D eigenvalue weighted by Gasteiger charge is -2.09. The molecule has 108 valence electrons. The average molecular weight is 305 g/mol. The van der Waals surface area contributed by atoms with E-state index in [1.54, 1.807) is 43.9 Å². The minimum absolute atomic E-state index is 0.225. The Morgan fingerprint density at radius 1 is 1.38 bits per heavy atom. The molecule has 0 atom stereocenters. The number of carbonyl (C=O) groups is 1. The van der Waals surface area contributed by atoms with Crippen molar-refractivity contribution in [3.05, 3.63) is 39.3 Å². The minimum atomic E-state index is -0.338. The van der Waals surface area contributed by atoms with Crippen LogP contribution in [0.4, 0.5) is 0 Å². The van der Waals surface area contributed by atoms with Crippen molar-refractivity contribution in [2.75, 3.05) is 14.1 Å². The molecule has 0 bridgehead atoms. The molecule has 0 aliphatic heterocycles. The van der Waals surface area contributed by atoms with Crippen LogP contribution < -0.4 is 5.56 Å². The summed E-state index contributed by atoms with van der Waals surface area (Å²) >= 11 is 6.02. The largest absolute Gasteiger partial charge is 0.343 e. The monoisotopic (exact) mass is 304 g/mol. The van der Waals surface area contributed by atoms with E-state index in [-0.39, 0.29) is 17.2 Å². The third-order valence-electron chi connectivity index (χ3n) is 3.49. The van der Waals surface area contributed by atoms with Crippen LogP contribution in [0.3, 0.4) is 0 Å². The van der Waals surface area contributed by atoms with Crippen molar-refractivity contribution in [1.82, 2.24) is 19.7 Å². The Bertz CT molecular complexity index is 939. The lowest BCUT2D eigenvalue weighted by atomic mass is 10.1. The molecule has 21 heavy (non-hydrogen) atoms. The first-order valence-corrected chi connectivity index (χ1v) is 6.67. The predicted molar refractivity (Wildman–Crippen MR) is 81.9 cm³/mol. The van der Waals surface area contributed by atoms with E-state index in [9.17, 15) is 9.59 Å². The van der Waals surface area contributed by atoms with E-state index in [0.29, 0.717) is 15.9 Å². The van der Waals surface area contributed by atoms with Crippen molar-refractivity contribution >= 4 is 39.3 Å². The highest BCUT2D eigenvalue weighted by atomic mass is 35.5. The zero-order valence-corrected chi connectivity index (χ0v) is 12.5. The highest BCUT2D eigenvalue weighted by molar-refractivity contribution is 6.31. The van der Waals surface area contributed by atoms with Crippen LogP contribution in [0.15, 0.2) is 23.0 Å². The van der Waals surface area contributed by atoms with Gasteiger partial charge in [-0.3, -0.25) is 9.59 Å². The molecule has 3 rings (SSSR count). The number of rotatable bonds is 1. The molecule has 7 heteroatoms. The number of nitrogens with zero attached hydrogens (tertiary/aromatic N) is 3. The first-order chi connectivity index (χ1) is 9.91. The van der Waals surface area contributed by atoms with Crippen molar-refractivity contribution in [2.45, 2.75) is 0 Å². The maximum atomic E-state index is 12.3. The normalized spacial score (nSPS) is 11.2. The fourth-order valence-electron chi connectivity index (χ4n) is 2.50. The summed E-state index contributed by atoms with van der Waals surface area (Å²) in [5, 5.41) is 8.22. The van der Waals surface area contributed by atoms with Crippen LogP contribution in [0.1, 0.15) is 10.5 Å². The van der Waals surface area contributed by atoms with Crippen LogP contribution in [0.2, 0.25) is 5.02 Å². The van der Waals surface area contributed by atoms with Crippen LogP contribution in [0.25, 0.3) is 21.8 Å². The summed E-state index contributed by atoms with van der Waals surface area (Å²) in [6, 6.07) is 5.29. The third-order valence-corrected chi connectivity index (χ3v) is 3.73. The van der Waals surface area contributed by atoms with Gasteiger partial charge >= 0.3 is 0 Å². The van der Waals surface area contributed by atoms with Crippen LogP contribution in [0.5, 0.6) is 0 Å². The van der Waals surface area contributed by atoms with Gasteiger partial charge in [0.05, 0.1) is 5.52 Å². The van der Waals surface area contributed by atoms with Gasteiger partial charge < -0.3 is 9.47 Å². The molecule has 6 nitrogen and oxygen atoms in total. The number of fused-ring (bicyclic) bond motifs is 3. The van der Waals surface area contributed by atoms with Crippen LogP contribution in [-0.4, -0.2) is 39.7 Å². The van der Waals surface area contributed by atoms with Crippen molar-refractivity contribution in [2.24, 2.45) is 7.05 Å². The van der Waals surface area contributed by atoms with Gasteiger partial charge in [-0.25, -0.2) is 5.10 Å². The van der Waals surface area contributed by atoms with Gasteiger partial charge in [-0.15, -0.1) is 0 Å². The summed E-state index contributed by atoms with van der Waals surface area (Å²) in [4.78, 5) is 25.8. The molecular formula is C14H13ClN4O2. The summed E-state index contributed by atoms with van der Waals surface area (Å²) < 4.78 is 1.73. The van der Waals surface area contributed by atoms with E-state index >= 15 is 0 Å². The van der Waals surface area contributed by atoms with Gasteiger partial charge in [0.1, 0.15) is 5.52 Å². The van der Waals surface area contributed by atoms with Crippen molar-refractivity contribution in [3.8, 4) is 0 Å². The second kappa shape index (κ2) is 4.60. The number of aromatic amines is 1. The molecule has 2 heterocycles. The Hall–Kier alpha value is -2.34. The molecule has 1 aromatic carbocycles. The zero-order valence-electron chi connectivity index (χ0n) is 11.8. The van der Waals surface area contributed by atoms with Gasteiger partial charge in [-0.2, -0.15) is 5.10 Å². The van der Waals surface area contributed by atoms with Crippen molar-refractivity contribution < 1.29 is 4.79 Å². The van der Waals surface area contributed by atoms with E-state index in [1.165, 1.54) is 4.90 Å². The van der Waals surface area contributed by atoms with Gasteiger partial charge in [0, 0.05) is 36.9 Å². The number of H-pyrrole nitrogens is 1. The van der Waals surface area contributed by atoms with Gasteiger partial charge in [0.2, 0.25) is 0 Å². The minimum Gasteiger partial charge on any atom is -0.343 e. The molecule has 3 aromatic rings. The van der Waals surface area contributed by atoms with Crippen molar-refractivity contribution in [3.63, 3.8) is 0 Å². The van der Waals surface area contributed by atoms with Crippen LogP contribution in [-0.2, 0) is 7.05 Å². The first kappa shape index (κ1) is 13.6. The molecule has 0 fully saturated rings. The third kappa shape index (κ3) is 1.91. The Kier molecular flexibility index (Phi) is 2.98. The topological polar surface area (TPSA) is 71.0 Å². The molecule has 0 spiro atoms. The molecule has 0 aliphatic rings. The molecule has 1 amide bonds. The van der Waals surface area contributed by atoms with Gasteiger partial charge in [0.15, 0.2) is 5.69 Å². The molecule has 0 saturated carbocycles. The van der Waals surface area contributed by atoms with Gasteiger partial charge in [-0.1, -0.05) is 17.7 Å². The van der Waals surface area contributed by atoms with Crippen LogP contribution >= 0.6 is 11.6 Å². The fraction of sp³-hybridized carbons (Fsp3) is 0.214. The van der Waals surface area contributed by atoms with E-state index in [0.717, 1.165) is 10.9 Å². The quantitative estimate of drug-likeness (QED) is 0.745. The molecule has 1 N–H and O–H groups in total. The SMILES string of the molecule is CN(C)C(=O)c1n[nH]c(=O)c2c1c1ccc(Cl)cc1n2C. The van der Waals surface area contributed by atoms with E-state index in [1.807, 2.05) is 0 Å². The molecule has 0 unspecified atom stereocenters. The highest BCUT2D eigenvalue weighted by Gasteiger charge is 2.21. The zero-order chi connectivity index (χ0) is 15.3. The molecular weight excluding hydrogens is 292 g/mol. The maximum Gasteiger partial charge on any atom is 0.288 e. The molecule has 0 saturated heterocycles. The van der Waals surface area contributed by atoms with Crippen LogP contribution in [0, 0.1) is 0 Å². The van der Waals surface area contributed by atoms with E-state index in [4.69, 9.17) is 11.6 Å². The van der Waals surface area contributed by atoms with Gasteiger partial charge in [0.25, 0.3) is 11.5 Å². The summed E-state index contributed by atoms with van der Waals surface area (Å²) in [7, 11) is 5.05. The van der Waals surface area contributed by atoms with Gasteiger partial charge in [-0.05, 0) is 12.1 Å². The summed E-state index contributed by atoms with van der Waals surface area (Å²) in [6.45, 7) is 0. The number of nitrogens with one attached hydrogen (secondary N) is 1. The maximum absolute atomic E-state index is 12.3.